The van der Waals surface area contributed by atoms with Crippen LogP contribution in [0.1, 0.15) is 51.9 Å². The molecule has 0 radical (unpaired) electrons. The Kier molecular flexibility index (Phi) is 5.63. The minimum Gasteiger partial charge on any atom is -0.354 e. The van der Waals surface area contributed by atoms with Crippen molar-refractivity contribution in [3.8, 4) is 0 Å². The minimum absolute atomic E-state index is 0.235. The standard InChI is InChI=1S/C13H22ClN5/c1-2-15-12-17-11(14)18-13(19-12)16-10-8-6-4-3-5-7-9-10/h10H,2-9H2,1H3,(H2,15,16,17,18,19). The third-order valence-electron chi connectivity index (χ3n) is 3.38. The second kappa shape index (κ2) is 7.48. The summed E-state index contributed by atoms with van der Waals surface area (Å²) in [4.78, 5) is 12.5. The van der Waals surface area contributed by atoms with Gasteiger partial charge in [0, 0.05) is 12.6 Å². The molecule has 0 aromatic carbocycles. The molecular formula is C13H22ClN5. The molecule has 1 saturated carbocycles. The highest BCUT2D eigenvalue weighted by molar-refractivity contribution is 6.28. The van der Waals surface area contributed by atoms with Crippen LogP contribution in [-0.2, 0) is 0 Å². The van der Waals surface area contributed by atoms with E-state index in [2.05, 4.69) is 25.6 Å². The van der Waals surface area contributed by atoms with Gasteiger partial charge in [-0.05, 0) is 31.4 Å². The maximum absolute atomic E-state index is 5.92. The highest BCUT2D eigenvalue weighted by Crippen LogP contribution is 2.20. The molecule has 5 nitrogen and oxygen atoms in total. The molecule has 19 heavy (non-hydrogen) atoms. The summed E-state index contributed by atoms with van der Waals surface area (Å²) in [5, 5.41) is 6.70. The Morgan fingerprint density at radius 1 is 1.00 bits per heavy atom. The minimum atomic E-state index is 0.235. The molecule has 0 saturated heterocycles. The monoisotopic (exact) mass is 283 g/mol. The van der Waals surface area contributed by atoms with Gasteiger partial charge in [0.05, 0.1) is 0 Å². The van der Waals surface area contributed by atoms with Crippen LogP contribution in [0, 0.1) is 0 Å². The van der Waals surface area contributed by atoms with E-state index in [-0.39, 0.29) is 5.28 Å². The SMILES string of the molecule is CCNc1nc(Cl)nc(NC2CCCCCCC2)n1. The highest BCUT2D eigenvalue weighted by atomic mass is 35.5. The molecule has 2 N–H and O–H groups in total. The number of hydrogen-bond donors (Lipinski definition) is 2. The quantitative estimate of drug-likeness (QED) is 0.886. The molecular weight excluding hydrogens is 262 g/mol. The van der Waals surface area contributed by atoms with Crippen LogP contribution < -0.4 is 10.6 Å². The number of halogens is 1. The third-order valence-corrected chi connectivity index (χ3v) is 3.55. The summed E-state index contributed by atoms with van der Waals surface area (Å²) >= 11 is 5.92. The fourth-order valence-electron chi connectivity index (χ4n) is 2.43. The molecule has 2 rings (SSSR count). The molecule has 0 bridgehead atoms. The summed E-state index contributed by atoms with van der Waals surface area (Å²) < 4.78 is 0. The van der Waals surface area contributed by atoms with Crippen LogP contribution in [0.4, 0.5) is 11.9 Å². The zero-order valence-electron chi connectivity index (χ0n) is 11.5. The number of anilines is 2. The maximum atomic E-state index is 5.92. The lowest BCUT2D eigenvalue weighted by Crippen LogP contribution is -2.22. The second-order valence-corrected chi connectivity index (χ2v) is 5.31. The van der Waals surface area contributed by atoms with E-state index in [1.807, 2.05) is 6.92 Å². The predicted octanol–water partition coefficient (Wildman–Crippen LogP) is 3.48. The molecule has 0 aliphatic heterocycles. The zero-order valence-corrected chi connectivity index (χ0v) is 12.2. The summed E-state index contributed by atoms with van der Waals surface area (Å²) in [7, 11) is 0. The van der Waals surface area contributed by atoms with Gasteiger partial charge in [0.1, 0.15) is 0 Å². The Morgan fingerprint density at radius 3 is 2.32 bits per heavy atom. The van der Waals surface area contributed by atoms with E-state index in [9.17, 15) is 0 Å². The van der Waals surface area contributed by atoms with Gasteiger partial charge in [-0.15, -0.1) is 0 Å². The van der Waals surface area contributed by atoms with Gasteiger partial charge in [-0.2, -0.15) is 15.0 Å². The van der Waals surface area contributed by atoms with Crippen molar-refractivity contribution in [1.29, 1.82) is 0 Å². The van der Waals surface area contributed by atoms with Gasteiger partial charge in [0.25, 0.3) is 0 Å². The van der Waals surface area contributed by atoms with Gasteiger partial charge in [0.15, 0.2) is 0 Å². The van der Waals surface area contributed by atoms with Crippen molar-refractivity contribution in [1.82, 2.24) is 15.0 Å². The van der Waals surface area contributed by atoms with Crippen LogP contribution >= 0.6 is 11.6 Å². The smallest absolute Gasteiger partial charge is 0.229 e. The Balaban J connectivity index is 1.99. The Hall–Kier alpha value is -1.10. The van der Waals surface area contributed by atoms with Crippen molar-refractivity contribution < 1.29 is 0 Å². The van der Waals surface area contributed by atoms with E-state index in [1.54, 1.807) is 0 Å². The van der Waals surface area contributed by atoms with E-state index in [1.165, 1.54) is 44.9 Å². The van der Waals surface area contributed by atoms with E-state index in [0.29, 0.717) is 17.9 Å². The first-order chi connectivity index (χ1) is 9.28. The molecule has 6 heteroatoms. The van der Waals surface area contributed by atoms with Crippen molar-refractivity contribution in [2.75, 3.05) is 17.2 Å². The first kappa shape index (κ1) is 14.3. The lowest BCUT2D eigenvalue weighted by molar-refractivity contribution is 0.470. The van der Waals surface area contributed by atoms with Gasteiger partial charge in [-0.25, -0.2) is 0 Å². The molecule has 0 amide bonds. The topological polar surface area (TPSA) is 62.7 Å². The number of nitrogens with zero attached hydrogens (tertiary/aromatic N) is 3. The lowest BCUT2D eigenvalue weighted by Gasteiger charge is -2.21. The normalized spacial score (nSPS) is 17.6. The highest BCUT2D eigenvalue weighted by Gasteiger charge is 2.13. The molecule has 1 aromatic rings. The molecule has 0 spiro atoms. The van der Waals surface area contributed by atoms with Crippen LogP contribution in [0.3, 0.4) is 0 Å². The van der Waals surface area contributed by atoms with Gasteiger partial charge in [-0.3, -0.25) is 0 Å². The van der Waals surface area contributed by atoms with Crippen LogP contribution in [0.2, 0.25) is 5.28 Å². The van der Waals surface area contributed by atoms with Crippen molar-refractivity contribution >= 4 is 23.5 Å². The molecule has 1 fully saturated rings. The Labute approximate surface area is 119 Å². The number of rotatable bonds is 4. The maximum Gasteiger partial charge on any atom is 0.229 e. The number of aromatic nitrogens is 3. The lowest BCUT2D eigenvalue weighted by atomic mass is 9.97. The second-order valence-electron chi connectivity index (χ2n) is 4.97. The molecule has 1 aliphatic rings. The fraction of sp³-hybridized carbons (Fsp3) is 0.769. The summed E-state index contributed by atoms with van der Waals surface area (Å²) in [6.07, 6.45) is 8.94. The van der Waals surface area contributed by atoms with E-state index >= 15 is 0 Å². The molecule has 1 heterocycles. The van der Waals surface area contributed by atoms with Gasteiger partial charge in [0.2, 0.25) is 17.2 Å². The van der Waals surface area contributed by atoms with Crippen LogP contribution in [0.5, 0.6) is 0 Å². The van der Waals surface area contributed by atoms with E-state index in [4.69, 9.17) is 11.6 Å². The molecule has 1 aromatic heterocycles. The van der Waals surface area contributed by atoms with Gasteiger partial charge < -0.3 is 10.6 Å². The zero-order chi connectivity index (χ0) is 13.5. The van der Waals surface area contributed by atoms with Crippen molar-refractivity contribution in [3.63, 3.8) is 0 Å². The Morgan fingerprint density at radius 2 is 1.63 bits per heavy atom. The van der Waals surface area contributed by atoms with Crippen LogP contribution in [0.15, 0.2) is 0 Å². The number of nitrogens with one attached hydrogen (secondary N) is 2. The first-order valence-corrected chi connectivity index (χ1v) is 7.57. The average Bonchev–Trinajstić information content (AvgIpc) is 2.32. The van der Waals surface area contributed by atoms with Crippen molar-refractivity contribution in [2.45, 2.75) is 57.9 Å². The number of hydrogen-bond acceptors (Lipinski definition) is 5. The average molecular weight is 284 g/mol. The summed E-state index contributed by atoms with van der Waals surface area (Å²) in [6, 6.07) is 0.452. The molecule has 1 aliphatic carbocycles. The van der Waals surface area contributed by atoms with Crippen LogP contribution in [-0.4, -0.2) is 27.5 Å². The Bertz CT molecular complexity index is 391. The van der Waals surface area contributed by atoms with Crippen molar-refractivity contribution in [3.05, 3.63) is 5.28 Å². The van der Waals surface area contributed by atoms with E-state index in [0.717, 1.165) is 6.54 Å². The molecule has 106 valence electrons. The van der Waals surface area contributed by atoms with Gasteiger partial charge in [-0.1, -0.05) is 32.1 Å². The molecule has 0 atom stereocenters. The summed E-state index contributed by atoms with van der Waals surface area (Å²) in [5.41, 5.74) is 0. The van der Waals surface area contributed by atoms with E-state index < -0.39 is 0 Å². The third kappa shape index (κ3) is 4.82. The van der Waals surface area contributed by atoms with Crippen molar-refractivity contribution in [2.24, 2.45) is 0 Å². The predicted molar refractivity (Wildman–Crippen MR) is 78.7 cm³/mol. The van der Waals surface area contributed by atoms with Crippen LogP contribution in [0.25, 0.3) is 0 Å². The first-order valence-electron chi connectivity index (χ1n) is 7.20. The molecule has 0 unspecified atom stereocenters. The fourth-order valence-corrected chi connectivity index (χ4v) is 2.59. The largest absolute Gasteiger partial charge is 0.354 e. The summed E-state index contributed by atoms with van der Waals surface area (Å²) in [6.45, 7) is 2.77. The summed E-state index contributed by atoms with van der Waals surface area (Å²) in [5.74, 6) is 1.12. The van der Waals surface area contributed by atoms with Gasteiger partial charge >= 0.3 is 0 Å².